The molecule has 1 amide bonds. The Bertz CT molecular complexity index is 365. The Morgan fingerprint density at radius 3 is 2.88 bits per heavy atom. The molecule has 4 heteroatoms. The average molecular weight is 235 g/mol. The van der Waals surface area contributed by atoms with Gasteiger partial charge in [-0.2, -0.15) is 0 Å². The molecule has 1 aromatic carbocycles. The highest BCUT2D eigenvalue weighted by Gasteiger charge is 2.03. The van der Waals surface area contributed by atoms with E-state index in [9.17, 15) is 4.79 Å². The standard InChI is InChI=1S/C13H21N3O/c1-15-13(17)7-4-8-16(2)12-6-3-5-11(9-12)10-14/h3,5-6,9H,4,7-8,10,14H2,1-2H3,(H,15,17). The van der Waals surface area contributed by atoms with Gasteiger partial charge in [-0.3, -0.25) is 4.79 Å². The van der Waals surface area contributed by atoms with Crippen molar-refractivity contribution in [3.63, 3.8) is 0 Å². The van der Waals surface area contributed by atoms with Gasteiger partial charge in [-0.05, 0) is 24.1 Å². The van der Waals surface area contributed by atoms with Crippen LogP contribution in [0.5, 0.6) is 0 Å². The third-order valence-electron chi connectivity index (χ3n) is 2.76. The molecule has 0 atom stereocenters. The van der Waals surface area contributed by atoms with Crippen LogP contribution in [-0.4, -0.2) is 26.5 Å². The van der Waals surface area contributed by atoms with Crippen LogP contribution in [0.1, 0.15) is 18.4 Å². The van der Waals surface area contributed by atoms with Gasteiger partial charge in [0.2, 0.25) is 5.91 Å². The van der Waals surface area contributed by atoms with E-state index in [0.29, 0.717) is 13.0 Å². The lowest BCUT2D eigenvalue weighted by Crippen LogP contribution is -2.22. The van der Waals surface area contributed by atoms with E-state index in [1.54, 1.807) is 7.05 Å². The molecule has 3 N–H and O–H groups in total. The van der Waals surface area contributed by atoms with Crippen molar-refractivity contribution in [2.75, 3.05) is 25.5 Å². The monoisotopic (exact) mass is 235 g/mol. The van der Waals surface area contributed by atoms with Crippen LogP contribution in [0.25, 0.3) is 0 Å². The van der Waals surface area contributed by atoms with E-state index in [2.05, 4.69) is 22.3 Å². The smallest absolute Gasteiger partial charge is 0.219 e. The van der Waals surface area contributed by atoms with Crippen molar-refractivity contribution in [2.24, 2.45) is 5.73 Å². The molecule has 0 heterocycles. The first-order valence-corrected chi connectivity index (χ1v) is 5.88. The van der Waals surface area contributed by atoms with Crippen molar-refractivity contribution in [3.8, 4) is 0 Å². The predicted molar refractivity (Wildman–Crippen MR) is 70.9 cm³/mol. The van der Waals surface area contributed by atoms with Gasteiger partial charge in [-0.15, -0.1) is 0 Å². The second kappa shape index (κ2) is 6.91. The Kier molecular flexibility index (Phi) is 5.49. The number of amides is 1. The van der Waals surface area contributed by atoms with Gasteiger partial charge in [0.1, 0.15) is 0 Å². The highest BCUT2D eigenvalue weighted by Crippen LogP contribution is 2.14. The number of nitrogens with two attached hydrogens (primary N) is 1. The molecule has 0 saturated heterocycles. The summed E-state index contributed by atoms with van der Waals surface area (Å²) in [5, 5.41) is 2.62. The average Bonchev–Trinajstić information content (AvgIpc) is 2.38. The maximum Gasteiger partial charge on any atom is 0.219 e. The molecule has 0 aromatic heterocycles. The molecule has 94 valence electrons. The second-order valence-corrected chi connectivity index (χ2v) is 4.07. The summed E-state index contributed by atoms with van der Waals surface area (Å²) in [6.07, 6.45) is 1.42. The van der Waals surface area contributed by atoms with Crippen LogP contribution in [-0.2, 0) is 11.3 Å². The van der Waals surface area contributed by atoms with Crippen LogP contribution in [0.2, 0.25) is 0 Å². The van der Waals surface area contributed by atoms with Gasteiger partial charge in [-0.1, -0.05) is 12.1 Å². The number of nitrogens with one attached hydrogen (secondary N) is 1. The van der Waals surface area contributed by atoms with Crippen LogP contribution in [0.3, 0.4) is 0 Å². The van der Waals surface area contributed by atoms with Crippen molar-refractivity contribution in [1.82, 2.24) is 5.32 Å². The number of hydrogen-bond acceptors (Lipinski definition) is 3. The fourth-order valence-electron chi connectivity index (χ4n) is 1.65. The highest BCUT2D eigenvalue weighted by atomic mass is 16.1. The molecule has 0 aliphatic heterocycles. The first kappa shape index (κ1) is 13.5. The van der Waals surface area contributed by atoms with Crippen molar-refractivity contribution < 1.29 is 4.79 Å². The van der Waals surface area contributed by atoms with E-state index < -0.39 is 0 Å². The molecule has 17 heavy (non-hydrogen) atoms. The lowest BCUT2D eigenvalue weighted by Gasteiger charge is -2.19. The van der Waals surface area contributed by atoms with Crippen molar-refractivity contribution >= 4 is 11.6 Å². The van der Waals surface area contributed by atoms with Gasteiger partial charge in [0.15, 0.2) is 0 Å². The Hall–Kier alpha value is -1.55. The fourth-order valence-corrected chi connectivity index (χ4v) is 1.65. The summed E-state index contributed by atoms with van der Waals surface area (Å²) >= 11 is 0. The summed E-state index contributed by atoms with van der Waals surface area (Å²) in [4.78, 5) is 13.2. The van der Waals surface area contributed by atoms with Gasteiger partial charge in [0, 0.05) is 39.3 Å². The van der Waals surface area contributed by atoms with E-state index in [-0.39, 0.29) is 5.91 Å². The molecule has 0 spiro atoms. The maximum atomic E-state index is 11.1. The fraction of sp³-hybridized carbons (Fsp3) is 0.462. The number of nitrogens with zero attached hydrogens (tertiary/aromatic N) is 1. The number of rotatable bonds is 6. The molecule has 1 rings (SSSR count). The molecule has 0 unspecified atom stereocenters. The van der Waals surface area contributed by atoms with Crippen molar-refractivity contribution in [1.29, 1.82) is 0 Å². The van der Waals surface area contributed by atoms with Gasteiger partial charge in [0.05, 0.1) is 0 Å². The minimum Gasteiger partial charge on any atom is -0.375 e. The summed E-state index contributed by atoms with van der Waals surface area (Å²) in [6.45, 7) is 1.42. The van der Waals surface area contributed by atoms with Crippen LogP contribution in [0, 0.1) is 0 Å². The topological polar surface area (TPSA) is 58.4 Å². The zero-order valence-electron chi connectivity index (χ0n) is 10.6. The molecule has 0 saturated carbocycles. The maximum absolute atomic E-state index is 11.1. The molecule has 0 aliphatic rings. The predicted octanol–water partition coefficient (Wildman–Crippen LogP) is 1.11. The summed E-state index contributed by atoms with van der Waals surface area (Å²) in [5.74, 6) is 0.0918. The van der Waals surface area contributed by atoms with Crippen molar-refractivity contribution in [2.45, 2.75) is 19.4 Å². The normalized spacial score (nSPS) is 10.1. The molecular formula is C13H21N3O. The zero-order valence-corrected chi connectivity index (χ0v) is 10.6. The van der Waals surface area contributed by atoms with Crippen LogP contribution in [0.15, 0.2) is 24.3 Å². The number of anilines is 1. The van der Waals surface area contributed by atoms with E-state index in [0.717, 1.165) is 24.2 Å². The Morgan fingerprint density at radius 1 is 1.47 bits per heavy atom. The van der Waals surface area contributed by atoms with Crippen LogP contribution < -0.4 is 16.0 Å². The third kappa shape index (κ3) is 4.44. The summed E-state index contributed by atoms with van der Waals surface area (Å²) in [5.41, 5.74) is 7.87. The van der Waals surface area contributed by atoms with Gasteiger partial charge in [-0.25, -0.2) is 0 Å². The van der Waals surface area contributed by atoms with Crippen LogP contribution in [0.4, 0.5) is 5.69 Å². The molecule has 0 fully saturated rings. The molecule has 0 bridgehead atoms. The largest absolute Gasteiger partial charge is 0.375 e. The first-order valence-electron chi connectivity index (χ1n) is 5.88. The summed E-state index contributed by atoms with van der Waals surface area (Å²) in [7, 11) is 3.69. The van der Waals surface area contributed by atoms with E-state index in [1.165, 1.54) is 0 Å². The van der Waals surface area contributed by atoms with Crippen molar-refractivity contribution in [3.05, 3.63) is 29.8 Å². The number of benzene rings is 1. The highest BCUT2D eigenvalue weighted by molar-refractivity contribution is 5.75. The Labute approximate surface area is 103 Å². The molecule has 4 nitrogen and oxygen atoms in total. The lowest BCUT2D eigenvalue weighted by molar-refractivity contribution is -0.120. The lowest BCUT2D eigenvalue weighted by atomic mass is 10.2. The van der Waals surface area contributed by atoms with E-state index in [1.807, 2.05) is 19.2 Å². The SMILES string of the molecule is CNC(=O)CCCN(C)c1cccc(CN)c1. The summed E-state index contributed by atoms with van der Waals surface area (Å²) in [6, 6.07) is 8.16. The number of carbonyl (C=O) groups is 1. The Balaban J connectivity index is 2.46. The quantitative estimate of drug-likeness (QED) is 0.776. The minimum absolute atomic E-state index is 0.0918. The number of hydrogen-bond donors (Lipinski definition) is 2. The summed E-state index contributed by atoms with van der Waals surface area (Å²) < 4.78 is 0. The molecule has 1 aromatic rings. The van der Waals surface area contributed by atoms with E-state index >= 15 is 0 Å². The molecule has 0 radical (unpaired) electrons. The number of carbonyl (C=O) groups excluding carboxylic acids is 1. The van der Waals surface area contributed by atoms with Gasteiger partial charge < -0.3 is 16.0 Å². The Morgan fingerprint density at radius 2 is 2.24 bits per heavy atom. The molecule has 0 aliphatic carbocycles. The second-order valence-electron chi connectivity index (χ2n) is 4.07. The minimum atomic E-state index is 0.0918. The van der Waals surface area contributed by atoms with Crippen LogP contribution >= 0.6 is 0 Å². The van der Waals surface area contributed by atoms with E-state index in [4.69, 9.17) is 5.73 Å². The van der Waals surface area contributed by atoms with Gasteiger partial charge >= 0.3 is 0 Å². The zero-order chi connectivity index (χ0) is 12.7. The first-order chi connectivity index (χ1) is 8.17. The molecular weight excluding hydrogens is 214 g/mol. The third-order valence-corrected chi connectivity index (χ3v) is 2.76. The van der Waals surface area contributed by atoms with Gasteiger partial charge in [0.25, 0.3) is 0 Å².